The van der Waals surface area contributed by atoms with Crippen molar-refractivity contribution < 1.29 is 31.5 Å². The molecular formula is C25H33F2N3O5S. The molecule has 0 radical (unpaired) electrons. The number of rotatable bonds is 8. The van der Waals surface area contributed by atoms with E-state index in [9.17, 15) is 26.8 Å². The van der Waals surface area contributed by atoms with Crippen LogP contribution in [-0.2, 0) is 26.0 Å². The van der Waals surface area contributed by atoms with Gasteiger partial charge < -0.3 is 15.4 Å². The molecule has 0 spiro atoms. The molecule has 1 aromatic rings. The largest absolute Gasteiger partial charge is 0.444 e. The van der Waals surface area contributed by atoms with Gasteiger partial charge >= 0.3 is 6.09 Å². The Labute approximate surface area is 210 Å². The van der Waals surface area contributed by atoms with E-state index in [1.54, 1.807) is 33.8 Å². The van der Waals surface area contributed by atoms with E-state index in [-0.39, 0.29) is 36.5 Å². The molecule has 2 N–H and O–H groups in total. The molecule has 3 rings (SSSR count). The Bertz CT molecular complexity index is 1170. The second kappa shape index (κ2) is 11.1. The number of nitrogens with one attached hydrogen (secondary N) is 2. The molecule has 2 aliphatic heterocycles. The first-order valence-corrected chi connectivity index (χ1v) is 13.5. The van der Waals surface area contributed by atoms with Crippen molar-refractivity contribution in [1.82, 2.24) is 14.9 Å². The van der Waals surface area contributed by atoms with Crippen LogP contribution in [0.15, 0.2) is 41.6 Å². The molecule has 0 bridgehead atoms. The van der Waals surface area contributed by atoms with Crippen molar-refractivity contribution in [2.45, 2.75) is 64.6 Å². The number of amides is 1. The summed E-state index contributed by atoms with van der Waals surface area (Å²) in [6.45, 7) is 7.22. The summed E-state index contributed by atoms with van der Waals surface area (Å²) in [5.41, 5.74) is 1.03. The van der Waals surface area contributed by atoms with Gasteiger partial charge in [0.1, 0.15) is 17.2 Å². The molecule has 36 heavy (non-hydrogen) atoms. The van der Waals surface area contributed by atoms with Crippen molar-refractivity contribution in [3.05, 3.63) is 58.8 Å². The minimum atomic E-state index is -3.42. The summed E-state index contributed by atoms with van der Waals surface area (Å²) in [4.78, 5) is 25.6. The lowest BCUT2D eigenvalue weighted by atomic mass is 9.89. The molecule has 1 unspecified atom stereocenters. The number of nitrogens with zero attached hydrogens (tertiary/aromatic N) is 1. The van der Waals surface area contributed by atoms with Gasteiger partial charge in [-0.15, -0.1) is 0 Å². The van der Waals surface area contributed by atoms with E-state index in [1.807, 2.05) is 0 Å². The van der Waals surface area contributed by atoms with E-state index in [4.69, 9.17) is 4.74 Å². The first-order valence-electron chi connectivity index (χ1n) is 11.9. The fourth-order valence-electron chi connectivity index (χ4n) is 4.15. The van der Waals surface area contributed by atoms with Crippen LogP contribution < -0.4 is 10.6 Å². The van der Waals surface area contributed by atoms with Crippen molar-refractivity contribution in [1.29, 1.82) is 0 Å². The standard InChI is InChI=1S/C25H33F2N3O5S/c1-5-36(33,34)30-9-8-16-14-28-22(12-18(16)15-30)23(31)13-20(29-24(32)35-25(2,3)4)11-17-10-19(26)6-7-21(17)27/h6-10,20,22,28H,5,11-15H2,1-4H3,(H,29,32)/t20-,22?/m1/s1. The smallest absolute Gasteiger partial charge is 0.407 e. The van der Waals surface area contributed by atoms with Crippen LogP contribution in [0.4, 0.5) is 13.6 Å². The molecule has 8 nitrogen and oxygen atoms in total. The van der Waals surface area contributed by atoms with Gasteiger partial charge in [-0.25, -0.2) is 22.0 Å². The highest BCUT2D eigenvalue weighted by Crippen LogP contribution is 2.26. The normalized spacial score (nSPS) is 19.1. The Morgan fingerprint density at radius 3 is 2.67 bits per heavy atom. The molecule has 2 atom stereocenters. The number of benzene rings is 1. The maximum Gasteiger partial charge on any atom is 0.407 e. The zero-order valence-corrected chi connectivity index (χ0v) is 21.8. The van der Waals surface area contributed by atoms with Crippen molar-refractivity contribution >= 4 is 21.9 Å². The summed E-state index contributed by atoms with van der Waals surface area (Å²) >= 11 is 0. The zero-order valence-electron chi connectivity index (χ0n) is 20.9. The van der Waals surface area contributed by atoms with Crippen molar-refractivity contribution in [2.75, 3.05) is 18.8 Å². The number of alkyl carbamates (subject to hydrolysis) is 1. The monoisotopic (exact) mass is 525 g/mol. The van der Waals surface area contributed by atoms with Gasteiger partial charge in [0.25, 0.3) is 0 Å². The highest BCUT2D eigenvalue weighted by atomic mass is 32.2. The minimum absolute atomic E-state index is 0.0308. The maximum absolute atomic E-state index is 14.3. The Morgan fingerprint density at radius 2 is 2.00 bits per heavy atom. The highest BCUT2D eigenvalue weighted by Gasteiger charge is 2.32. The first kappa shape index (κ1) is 27.8. The molecule has 0 fully saturated rings. The fraction of sp³-hybridized carbons (Fsp3) is 0.520. The summed E-state index contributed by atoms with van der Waals surface area (Å²) in [5, 5.41) is 5.78. The van der Waals surface area contributed by atoms with Crippen LogP contribution in [0.25, 0.3) is 0 Å². The van der Waals surface area contributed by atoms with E-state index < -0.39 is 45.4 Å². The number of carbonyl (C=O) groups is 2. The Hall–Kier alpha value is -2.79. The van der Waals surface area contributed by atoms with Gasteiger partial charge in [0, 0.05) is 25.2 Å². The quantitative estimate of drug-likeness (QED) is 0.540. The summed E-state index contributed by atoms with van der Waals surface area (Å²) in [7, 11) is -3.42. The lowest BCUT2D eigenvalue weighted by Gasteiger charge is -2.33. The molecule has 198 valence electrons. The second-order valence-electron chi connectivity index (χ2n) is 9.98. The Kier molecular flexibility index (Phi) is 8.55. The van der Waals surface area contributed by atoms with E-state index in [0.717, 1.165) is 29.3 Å². The lowest BCUT2D eigenvalue weighted by Crippen LogP contribution is -2.48. The number of carbonyl (C=O) groups excluding carboxylic acids is 2. The molecule has 2 heterocycles. The minimum Gasteiger partial charge on any atom is -0.444 e. The second-order valence-corrected chi connectivity index (χ2v) is 12.2. The average Bonchev–Trinajstić information content (AvgIpc) is 2.79. The average molecular weight is 526 g/mol. The Morgan fingerprint density at radius 1 is 1.28 bits per heavy atom. The number of sulfonamides is 1. The van der Waals surface area contributed by atoms with E-state index in [1.165, 1.54) is 10.5 Å². The molecule has 0 aromatic heterocycles. The summed E-state index contributed by atoms with van der Waals surface area (Å²) in [5.74, 6) is -1.54. The van der Waals surface area contributed by atoms with Crippen LogP contribution in [0.1, 0.15) is 46.1 Å². The van der Waals surface area contributed by atoms with Gasteiger partial charge in [-0.3, -0.25) is 9.10 Å². The maximum atomic E-state index is 14.3. The van der Waals surface area contributed by atoms with Gasteiger partial charge in [0.15, 0.2) is 5.78 Å². The van der Waals surface area contributed by atoms with Crippen LogP contribution in [0, 0.1) is 11.6 Å². The van der Waals surface area contributed by atoms with Gasteiger partial charge in [-0.05, 0) is 81.5 Å². The summed E-state index contributed by atoms with van der Waals surface area (Å²) in [6, 6.07) is 1.58. The first-order chi connectivity index (χ1) is 16.8. The number of Topliss-reactive ketones (excluding diaryl/α,β-unsaturated/α-hetero) is 1. The summed E-state index contributed by atoms with van der Waals surface area (Å²) < 4.78 is 59.1. The zero-order chi connectivity index (χ0) is 26.7. The molecule has 1 amide bonds. The van der Waals surface area contributed by atoms with Gasteiger partial charge in [0.05, 0.1) is 18.3 Å². The number of ketones is 1. The predicted octanol–water partition coefficient (Wildman–Crippen LogP) is 3.20. The van der Waals surface area contributed by atoms with Gasteiger partial charge in [-0.1, -0.05) is 0 Å². The predicted molar refractivity (Wildman–Crippen MR) is 132 cm³/mol. The molecular weight excluding hydrogens is 492 g/mol. The topological polar surface area (TPSA) is 105 Å². The van der Waals surface area contributed by atoms with E-state index in [2.05, 4.69) is 10.6 Å². The third-order valence-electron chi connectivity index (χ3n) is 5.99. The van der Waals surface area contributed by atoms with Crippen molar-refractivity contribution in [3.8, 4) is 0 Å². The van der Waals surface area contributed by atoms with Crippen LogP contribution in [0.5, 0.6) is 0 Å². The molecule has 0 saturated heterocycles. The van der Waals surface area contributed by atoms with Crippen LogP contribution in [-0.4, -0.2) is 61.1 Å². The van der Waals surface area contributed by atoms with Crippen molar-refractivity contribution in [3.63, 3.8) is 0 Å². The fourth-order valence-corrected chi connectivity index (χ4v) is 5.08. The SMILES string of the molecule is CCS(=O)(=O)N1C=CC2=C(CC(C(=O)C[C@@H](Cc3cc(F)ccc3F)NC(=O)OC(C)(C)C)NC2)C1. The van der Waals surface area contributed by atoms with Crippen LogP contribution >= 0.6 is 0 Å². The van der Waals surface area contributed by atoms with Gasteiger partial charge in [-0.2, -0.15) is 0 Å². The number of hydrogen-bond acceptors (Lipinski definition) is 6. The molecule has 0 aliphatic carbocycles. The number of ether oxygens (including phenoxy) is 1. The highest BCUT2D eigenvalue weighted by molar-refractivity contribution is 7.89. The lowest BCUT2D eigenvalue weighted by molar-refractivity contribution is -0.121. The summed E-state index contributed by atoms with van der Waals surface area (Å²) in [6.07, 6.45) is 2.55. The van der Waals surface area contributed by atoms with E-state index in [0.29, 0.717) is 13.0 Å². The van der Waals surface area contributed by atoms with Gasteiger partial charge in [0.2, 0.25) is 10.0 Å². The van der Waals surface area contributed by atoms with Crippen LogP contribution in [0.3, 0.4) is 0 Å². The van der Waals surface area contributed by atoms with E-state index >= 15 is 0 Å². The molecule has 2 aliphatic rings. The number of halogens is 2. The van der Waals surface area contributed by atoms with Crippen molar-refractivity contribution in [2.24, 2.45) is 0 Å². The number of hydrogen-bond donors (Lipinski definition) is 2. The Balaban J connectivity index is 1.73. The molecule has 1 aromatic carbocycles. The third kappa shape index (κ3) is 7.36. The van der Waals surface area contributed by atoms with Crippen LogP contribution in [0.2, 0.25) is 0 Å². The molecule has 0 saturated carbocycles. The third-order valence-corrected chi connectivity index (χ3v) is 7.68. The molecule has 11 heteroatoms.